The monoisotopic (exact) mass is 506 g/mol. The Labute approximate surface area is 217 Å². The van der Waals surface area contributed by atoms with Crippen LogP contribution in [-0.2, 0) is 19.3 Å². The second kappa shape index (κ2) is 11.6. The molecule has 198 valence electrons. The molecule has 0 spiro atoms. The Bertz CT molecular complexity index is 1470. The van der Waals surface area contributed by atoms with Crippen LogP contribution >= 0.6 is 0 Å². The van der Waals surface area contributed by atoms with E-state index in [1.807, 2.05) is 59.8 Å². The summed E-state index contributed by atoms with van der Waals surface area (Å²) in [5.41, 5.74) is 3.76. The van der Waals surface area contributed by atoms with E-state index in [4.69, 9.17) is 4.42 Å². The molecule has 0 bridgehead atoms. The van der Waals surface area contributed by atoms with Crippen molar-refractivity contribution in [3.63, 3.8) is 0 Å². The first-order chi connectivity index (χ1) is 17.4. The van der Waals surface area contributed by atoms with Gasteiger partial charge >= 0.3 is 0 Å². The number of allylic oxidation sites excluding steroid dienone is 6. The molecule has 0 aliphatic heterocycles. The number of phenolic OH excluding ortho intramolecular Hbond substituents is 4. The van der Waals surface area contributed by atoms with Gasteiger partial charge in [0.1, 0.15) is 16.7 Å². The van der Waals surface area contributed by atoms with Crippen LogP contribution in [0, 0.1) is 0 Å². The summed E-state index contributed by atoms with van der Waals surface area (Å²) < 4.78 is 6.10. The van der Waals surface area contributed by atoms with Crippen LogP contribution in [0.1, 0.15) is 77.5 Å². The lowest BCUT2D eigenvalue weighted by Gasteiger charge is -2.16. The van der Waals surface area contributed by atoms with E-state index in [2.05, 4.69) is 0 Å². The zero-order chi connectivity index (χ0) is 27.4. The third kappa shape index (κ3) is 6.01. The predicted octanol–water partition coefficient (Wildman–Crippen LogP) is 7.47. The minimum atomic E-state index is -0.543. The third-order valence-corrected chi connectivity index (χ3v) is 6.43. The average Bonchev–Trinajstić information content (AvgIpc) is 2.80. The standard InChI is InChI=1S/C31H38O6/c1-17(2)10-7-13-20-16-23(32)31-25(26(20)33)29(36)24-21(14-8-11-18(3)4)27(34)28(35)22(30(24)37-31)15-9-12-19(5)6/h10-12,16,32-35H,7-9,13-15H2,1-6H3. The van der Waals surface area contributed by atoms with Crippen molar-refractivity contribution in [1.82, 2.24) is 0 Å². The van der Waals surface area contributed by atoms with Crippen LogP contribution in [-0.4, -0.2) is 20.4 Å². The van der Waals surface area contributed by atoms with Gasteiger partial charge in [-0.15, -0.1) is 0 Å². The number of phenols is 4. The fraction of sp³-hybridized carbons (Fsp3) is 0.387. The van der Waals surface area contributed by atoms with Gasteiger partial charge in [0, 0.05) is 11.1 Å². The number of fused-ring (bicyclic) bond motifs is 2. The highest BCUT2D eigenvalue weighted by molar-refractivity contribution is 6.00. The lowest BCUT2D eigenvalue weighted by molar-refractivity contribution is 0.395. The third-order valence-electron chi connectivity index (χ3n) is 6.43. The molecule has 0 fully saturated rings. The van der Waals surface area contributed by atoms with Gasteiger partial charge in [-0.3, -0.25) is 4.79 Å². The molecule has 37 heavy (non-hydrogen) atoms. The van der Waals surface area contributed by atoms with Crippen molar-refractivity contribution in [3.8, 4) is 23.0 Å². The molecule has 6 nitrogen and oxygen atoms in total. The lowest BCUT2D eigenvalue weighted by atomic mass is 9.94. The van der Waals surface area contributed by atoms with Gasteiger partial charge in [-0.05, 0) is 91.7 Å². The second-order valence-corrected chi connectivity index (χ2v) is 10.4. The van der Waals surface area contributed by atoms with E-state index < -0.39 is 5.43 Å². The van der Waals surface area contributed by atoms with E-state index in [0.29, 0.717) is 49.7 Å². The van der Waals surface area contributed by atoms with Crippen LogP contribution in [0.4, 0.5) is 0 Å². The first-order valence-electron chi connectivity index (χ1n) is 12.7. The topological polar surface area (TPSA) is 111 Å². The summed E-state index contributed by atoms with van der Waals surface area (Å²) in [5.74, 6) is -1.17. The van der Waals surface area contributed by atoms with E-state index in [1.165, 1.54) is 6.07 Å². The Morgan fingerprint density at radius 2 is 1.16 bits per heavy atom. The lowest BCUT2D eigenvalue weighted by Crippen LogP contribution is -2.09. The molecular formula is C31H38O6. The van der Waals surface area contributed by atoms with Gasteiger partial charge in [0.15, 0.2) is 22.8 Å². The highest BCUT2D eigenvalue weighted by Gasteiger charge is 2.26. The Balaban J connectivity index is 2.37. The van der Waals surface area contributed by atoms with Crippen LogP contribution < -0.4 is 5.43 Å². The van der Waals surface area contributed by atoms with E-state index in [0.717, 1.165) is 16.7 Å². The molecule has 0 amide bonds. The van der Waals surface area contributed by atoms with Crippen molar-refractivity contribution in [3.05, 3.63) is 67.9 Å². The fourth-order valence-electron chi connectivity index (χ4n) is 4.58. The van der Waals surface area contributed by atoms with Gasteiger partial charge in [-0.1, -0.05) is 34.9 Å². The smallest absolute Gasteiger partial charge is 0.204 e. The number of benzene rings is 2. The molecule has 1 heterocycles. The fourth-order valence-corrected chi connectivity index (χ4v) is 4.58. The molecular weight excluding hydrogens is 468 g/mol. The normalized spacial score (nSPS) is 11.1. The molecule has 0 saturated heterocycles. The Hall–Kier alpha value is -3.67. The van der Waals surface area contributed by atoms with E-state index in [1.54, 1.807) is 0 Å². The molecule has 6 heteroatoms. The molecule has 1 aromatic heterocycles. The predicted molar refractivity (Wildman–Crippen MR) is 150 cm³/mol. The van der Waals surface area contributed by atoms with Crippen LogP contribution in [0.3, 0.4) is 0 Å². The maximum Gasteiger partial charge on any atom is 0.204 e. The summed E-state index contributed by atoms with van der Waals surface area (Å²) in [6, 6.07) is 1.42. The SMILES string of the molecule is CC(C)=CCCc1cc(O)c2oc3c(CCC=C(C)C)c(O)c(O)c(CCC=C(C)C)c3c(=O)c2c1O. The summed E-state index contributed by atoms with van der Waals surface area (Å²) >= 11 is 0. The minimum absolute atomic E-state index is 0.119. The average molecular weight is 507 g/mol. The molecule has 2 aromatic carbocycles. The Morgan fingerprint density at radius 1 is 0.676 bits per heavy atom. The largest absolute Gasteiger partial charge is 0.507 e. The highest BCUT2D eigenvalue weighted by atomic mass is 16.4. The summed E-state index contributed by atoms with van der Waals surface area (Å²) in [5, 5.41) is 43.9. The number of aryl methyl sites for hydroxylation is 3. The maximum absolute atomic E-state index is 13.9. The van der Waals surface area contributed by atoms with Gasteiger partial charge in [-0.2, -0.15) is 0 Å². The number of hydrogen-bond acceptors (Lipinski definition) is 6. The quantitative estimate of drug-likeness (QED) is 0.104. The van der Waals surface area contributed by atoms with Crippen LogP contribution in [0.15, 0.2) is 50.2 Å². The van der Waals surface area contributed by atoms with Gasteiger partial charge in [0.2, 0.25) is 5.43 Å². The number of rotatable bonds is 9. The second-order valence-electron chi connectivity index (χ2n) is 10.4. The summed E-state index contributed by atoms with van der Waals surface area (Å²) in [6.45, 7) is 11.8. The highest BCUT2D eigenvalue weighted by Crippen LogP contribution is 2.44. The molecule has 0 atom stereocenters. The number of hydrogen-bond donors (Lipinski definition) is 4. The van der Waals surface area contributed by atoms with E-state index in [9.17, 15) is 25.2 Å². The zero-order valence-corrected chi connectivity index (χ0v) is 22.7. The molecule has 3 aromatic rings. The van der Waals surface area contributed by atoms with Crippen LogP contribution in [0.5, 0.6) is 23.0 Å². The zero-order valence-electron chi connectivity index (χ0n) is 22.7. The van der Waals surface area contributed by atoms with E-state index in [-0.39, 0.29) is 50.5 Å². The van der Waals surface area contributed by atoms with Crippen molar-refractivity contribution >= 4 is 21.9 Å². The van der Waals surface area contributed by atoms with Crippen LogP contribution in [0.2, 0.25) is 0 Å². The molecule has 0 unspecified atom stereocenters. The minimum Gasteiger partial charge on any atom is -0.507 e. The van der Waals surface area contributed by atoms with Crippen molar-refractivity contribution < 1.29 is 24.8 Å². The van der Waals surface area contributed by atoms with Gasteiger partial charge in [0.25, 0.3) is 0 Å². The van der Waals surface area contributed by atoms with Crippen molar-refractivity contribution in [1.29, 1.82) is 0 Å². The van der Waals surface area contributed by atoms with Crippen molar-refractivity contribution in [2.75, 3.05) is 0 Å². The molecule has 0 aliphatic rings. The molecule has 3 rings (SSSR count). The first-order valence-corrected chi connectivity index (χ1v) is 12.7. The van der Waals surface area contributed by atoms with Crippen LogP contribution in [0.25, 0.3) is 21.9 Å². The summed E-state index contributed by atoms with van der Waals surface area (Å²) in [7, 11) is 0. The summed E-state index contributed by atoms with van der Waals surface area (Å²) in [4.78, 5) is 13.9. The first kappa shape index (κ1) is 27.9. The Morgan fingerprint density at radius 3 is 1.70 bits per heavy atom. The van der Waals surface area contributed by atoms with Crippen molar-refractivity contribution in [2.45, 2.75) is 80.1 Å². The van der Waals surface area contributed by atoms with E-state index >= 15 is 0 Å². The summed E-state index contributed by atoms with van der Waals surface area (Å²) in [6.07, 6.45) is 8.77. The molecule has 4 N–H and O–H groups in total. The van der Waals surface area contributed by atoms with Gasteiger partial charge < -0.3 is 24.8 Å². The molecule has 0 aliphatic carbocycles. The van der Waals surface area contributed by atoms with Gasteiger partial charge in [0.05, 0.1) is 5.39 Å². The van der Waals surface area contributed by atoms with Gasteiger partial charge in [-0.25, -0.2) is 0 Å². The van der Waals surface area contributed by atoms with Crippen molar-refractivity contribution in [2.24, 2.45) is 0 Å². The Kier molecular flexibility index (Phi) is 8.74. The number of aromatic hydroxyl groups is 4. The molecule has 0 saturated carbocycles. The molecule has 0 radical (unpaired) electrons. The maximum atomic E-state index is 13.9.